The van der Waals surface area contributed by atoms with Crippen LogP contribution in [0, 0.1) is 10.1 Å². The van der Waals surface area contributed by atoms with Crippen LogP contribution >= 0.6 is 11.3 Å². The summed E-state index contributed by atoms with van der Waals surface area (Å²) in [6.45, 7) is 5.87. The topological polar surface area (TPSA) is 106 Å². The predicted octanol–water partition coefficient (Wildman–Crippen LogP) is 6.32. The van der Waals surface area contributed by atoms with Crippen LogP contribution in [-0.4, -0.2) is 17.2 Å². The lowest BCUT2D eigenvalue weighted by Crippen LogP contribution is -2.16. The van der Waals surface area contributed by atoms with Crippen LogP contribution in [0.3, 0.4) is 0 Å². The van der Waals surface area contributed by atoms with Crippen LogP contribution in [0.4, 0.5) is 21.9 Å². The molecule has 1 aromatic heterocycles. The van der Waals surface area contributed by atoms with Gasteiger partial charge in [-0.3, -0.25) is 15.4 Å². The Labute approximate surface area is 188 Å². The average Bonchev–Trinajstić information content (AvgIpc) is 3.32. The molecule has 1 amide bonds. The van der Waals surface area contributed by atoms with Gasteiger partial charge in [-0.15, -0.1) is 0 Å². The molecule has 0 spiro atoms. The maximum absolute atomic E-state index is 12.1. The molecule has 0 unspecified atom stereocenters. The maximum Gasteiger partial charge on any atom is 0.417 e. The van der Waals surface area contributed by atoms with Crippen molar-refractivity contribution in [1.29, 1.82) is 0 Å². The number of benzene rings is 2. The van der Waals surface area contributed by atoms with Gasteiger partial charge in [-0.25, -0.2) is 9.79 Å². The van der Waals surface area contributed by atoms with E-state index in [9.17, 15) is 14.9 Å². The highest BCUT2D eigenvalue weighted by molar-refractivity contribution is 7.08. The van der Waals surface area contributed by atoms with E-state index in [2.05, 4.69) is 22.2 Å². The number of ether oxygens (including phenoxy) is 1. The van der Waals surface area contributed by atoms with Crippen molar-refractivity contribution in [3.05, 3.63) is 99.5 Å². The van der Waals surface area contributed by atoms with Crippen molar-refractivity contribution in [2.45, 2.75) is 6.92 Å². The van der Waals surface area contributed by atoms with Crippen LogP contribution in [0.25, 0.3) is 5.57 Å². The van der Waals surface area contributed by atoms with Crippen molar-refractivity contribution in [2.75, 3.05) is 10.6 Å². The van der Waals surface area contributed by atoms with Gasteiger partial charge in [0.25, 0.3) is 5.69 Å². The van der Waals surface area contributed by atoms with Crippen LogP contribution in [0.2, 0.25) is 0 Å². The number of hydrogen-bond donors (Lipinski definition) is 2. The van der Waals surface area contributed by atoms with E-state index in [1.54, 1.807) is 35.8 Å². The summed E-state index contributed by atoms with van der Waals surface area (Å²) in [5, 5.41) is 20.5. The molecule has 0 bridgehead atoms. The standard InChI is InChI=1S/C23H20N4O4S/c1-3-22(24-14-16(2)17-11-12-32-15-17)25-18-5-4-6-19(13-18)26-23(28)31-21-9-7-20(8-10-21)27(29)30/h3-15,25H,2H2,1H3,(H,26,28)/b22-3+,24-14-. The first-order chi connectivity index (χ1) is 15.4. The molecule has 162 valence electrons. The van der Waals surface area contributed by atoms with Gasteiger partial charge in [0.1, 0.15) is 11.6 Å². The number of nitrogens with one attached hydrogen (secondary N) is 2. The molecule has 2 N–H and O–H groups in total. The number of thiophene rings is 1. The number of carbonyl (C=O) groups excluding carboxylic acids is 1. The molecule has 3 aromatic rings. The highest BCUT2D eigenvalue weighted by atomic mass is 32.1. The number of non-ortho nitro benzene ring substituents is 1. The summed E-state index contributed by atoms with van der Waals surface area (Å²) in [5.41, 5.74) is 2.95. The molecule has 0 saturated heterocycles. The number of nitrogens with zero attached hydrogens (tertiary/aromatic N) is 2. The van der Waals surface area contributed by atoms with Crippen molar-refractivity contribution in [3.63, 3.8) is 0 Å². The summed E-state index contributed by atoms with van der Waals surface area (Å²) in [5.74, 6) is 0.811. The number of allylic oxidation sites excluding steroid dienone is 2. The van der Waals surface area contributed by atoms with Crippen molar-refractivity contribution < 1.29 is 14.5 Å². The number of nitro groups is 1. The molecule has 1 heterocycles. The molecule has 0 saturated carbocycles. The first-order valence-corrected chi connectivity index (χ1v) is 10.4. The van der Waals surface area contributed by atoms with E-state index in [4.69, 9.17) is 4.74 Å². The van der Waals surface area contributed by atoms with Gasteiger partial charge in [0.2, 0.25) is 0 Å². The fourth-order valence-electron chi connectivity index (χ4n) is 2.56. The van der Waals surface area contributed by atoms with Gasteiger partial charge >= 0.3 is 6.09 Å². The molecule has 0 radical (unpaired) electrons. The Bertz CT molecular complexity index is 1170. The van der Waals surface area contributed by atoms with Gasteiger partial charge in [0.05, 0.1) is 4.92 Å². The number of aliphatic imine (C=N–C) groups is 1. The van der Waals surface area contributed by atoms with Gasteiger partial charge in [0.15, 0.2) is 0 Å². The summed E-state index contributed by atoms with van der Waals surface area (Å²) in [4.78, 5) is 26.8. The third-order valence-electron chi connectivity index (χ3n) is 4.16. The fraction of sp³-hybridized carbons (Fsp3) is 0.0435. The van der Waals surface area contributed by atoms with E-state index in [1.165, 1.54) is 24.3 Å². The van der Waals surface area contributed by atoms with Crippen LogP contribution in [-0.2, 0) is 0 Å². The van der Waals surface area contributed by atoms with E-state index in [1.807, 2.05) is 35.9 Å². The van der Waals surface area contributed by atoms with Crippen LogP contribution in [0.1, 0.15) is 12.5 Å². The molecule has 3 rings (SSSR count). The number of carbonyl (C=O) groups is 1. The Morgan fingerprint density at radius 2 is 1.88 bits per heavy atom. The summed E-state index contributed by atoms with van der Waals surface area (Å²) < 4.78 is 5.16. The third kappa shape index (κ3) is 6.38. The van der Waals surface area contributed by atoms with Crippen molar-refractivity contribution in [2.24, 2.45) is 4.99 Å². The van der Waals surface area contributed by atoms with Gasteiger partial charge in [-0.05, 0) is 71.3 Å². The highest BCUT2D eigenvalue weighted by Crippen LogP contribution is 2.20. The SMILES string of the molecule is C=C(/C=N\C(=C/C)Nc1cccc(NC(=O)Oc2ccc([N+](=O)[O-])cc2)c1)c1ccsc1. The smallest absolute Gasteiger partial charge is 0.410 e. The van der Waals surface area contributed by atoms with Gasteiger partial charge < -0.3 is 10.1 Å². The van der Waals surface area contributed by atoms with Crippen LogP contribution < -0.4 is 15.4 Å². The average molecular weight is 449 g/mol. The zero-order valence-electron chi connectivity index (χ0n) is 17.1. The first-order valence-electron chi connectivity index (χ1n) is 9.47. The normalized spacial score (nSPS) is 11.2. The summed E-state index contributed by atoms with van der Waals surface area (Å²) in [6, 6.07) is 14.3. The Hall–Kier alpha value is -4.24. The number of amides is 1. The minimum atomic E-state index is -0.715. The molecule has 0 atom stereocenters. The van der Waals surface area contributed by atoms with E-state index >= 15 is 0 Å². The molecule has 2 aromatic carbocycles. The van der Waals surface area contributed by atoms with Crippen LogP contribution in [0.15, 0.2) is 88.8 Å². The predicted molar refractivity (Wildman–Crippen MR) is 128 cm³/mol. The second-order valence-electron chi connectivity index (χ2n) is 6.44. The summed E-state index contributed by atoms with van der Waals surface area (Å²) in [7, 11) is 0. The van der Waals surface area contributed by atoms with Crippen molar-refractivity contribution in [1.82, 2.24) is 0 Å². The molecule has 8 nitrogen and oxygen atoms in total. The second kappa shape index (κ2) is 10.7. The molecule has 0 aliphatic heterocycles. The van der Waals surface area contributed by atoms with E-state index in [-0.39, 0.29) is 11.4 Å². The number of rotatable bonds is 8. The Morgan fingerprint density at radius 3 is 2.50 bits per heavy atom. The Morgan fingerprint density at radius 1 is 1.16 bits per heavy atom. The monoisotopic (exact) mass is 448 g/mol. The molecule has 0 fully saturated rings. The molecular formula is C23H20N4O4S. The molecule has 32 heavy (non-hydrogen) atoms. The van der Waals surface area contributed by atoms with Crippen molar-refractivity contribution in [3.8, 4) is 5.75 Å². The second-order valence-corrected chi connectivity index (χ2v) is 7.22. The zero-order chi connectivity index (χ0) is 22.9. The quantitative estimate of drug-likeness (QED) is 0.238. The maximum atomic E-state index is 12.1. The lowest BCUT2D eigenvalue weighted by molar-refractivity contribution is -0.384. The molecule has 9 heteroatoms. The lowest BCUT2D eigenvalue weighted by atomic mass is 10.2. The summed E-state index contributed by atoms with van der Waals surface area (Å²) in [6.07, 6.45) is 2.79. The van der Waals surface area contributed by atoms with Gasteiger partial charge in [-0.2, -0.15) is 11.3 Å². The zero-order valence-corrected chi connectivity index (χ0v) is 18.0. The molecular weight excluding hydrogens is 428 g/mol. The molecule has 0 aliphatic carbocycles. The number of hydrogen-bond acceptors (Lipinski definition) is 7. The Balaban J connectivity index is 1.59. The fourth-order valence-corrected chi connectivity index (χ4v) is 3.24. The van der Waals surface area contributed by atoms with E-state index in [0.29, 0.717) is 17.2 Å². The van der Waals surface area contributed by atoms with Gasteiger partial charge in [-0.1, -0.05) is 12.6 Å². The van der Waals surface area contributed by atoms with Crippen molar-refractivity contribution >= 4 is 46.3 Å². The highest BCUT2D eigenvalue weighted by Gasteiger charge is 2.09. The van der Waals surface area contributed by atoms with E-state index < -0.39 is 11.0 Å². The minimum absolute atomic E-state index is 0.0853. The van der Waals surface area contributed by atoms with Crippen LogP contribution in [0.5, 0.6) is 5.75 Å². The largest absolute Gasteiger partial charge is 0.417 e. The number of anilines is 2. The lowest BCUT2D eigenvalue weighted by Gasteiger charge is -2.10. The van der Waals surface area contributed by atoms with Gasteiger partial charge in [0, 0.05) is 29.7 Å². The minimum Gasteiger partial charge on any atom is -0.410 e. The number of nitro benzene ring substituents is 1. The summed E-state index contributed by atoms with van der Waals surface area (Å²) >= 11 is 1.59. The Kier molecular flexibility index (Phi) is 7.50. The third-order valence-corrected chi connectivity index (χ3v) is 4.85. The first kappa shape index (κ1) is 22.4. The van der Waals surface area contributed by atoms with E-state index in [0.717, 1.165) is 11.1 Å². The molecule has 0 aliphatic rings.